The maximum Gasteiger partial charge on any atom is 0.224 e. The van der Waals surface area contributed by atoms with E-state index in [4.69, 9.17) is 0 Å². The van der Waals surface area contributed by atoms with Gasteiger partial charge in [-0.1, -0.05) is 13.0 Å². The molecule has 0 atom stereocenters. The number of carbonyl (C=O) groups is 1. The summed E-state index contributed by atoms with van der Waals surface area (Å²) in [5.74, 6) is 1.02. The van der Waals surface area contributed by atoms with Gasteiger partial charge in [0.15, 0.2) is 0 Å². The van der Waals surface area contributed by atoms with E-state index in [1.165, 1.54) is 0 Å². The van der Waals surface area contributed by atoms with Crippen LogP contribution < -0.4 is 5.32 Å². The molecule has 4 nitrogen and oxygen atoms in total. The molecule has 1 aromatic carbocycles. The molecule has 2 N–H and O–H groups in total. The Morgan fingerprint density at radius 3 is 2.74 bits per heavy atom. The summed E-state index contributed by atoms with van der Waals surface area (Å²) < 4.78 is 0. The van der Waals surface area contributed by atoms with E-state index in [0.717, 1.165) is 28.8 Å². The van der Waals surface area contributed by atoms with Crippen LogP contribution in [-0.4, -0.2) is 21.4 Å². The summed E-state index contributed by atoms with van der Waals surface area (Å²) in [5, 5.41) is 2.97. The highest BCUT2D eigenvalue weighted by Crippen LogP contribution is 2.15. The van der Waals surface area contributed by atoms with E-state index in [-0.39, 0.29) is 11.4 Å². The number of amides is 1. The van der Waals surface area contributed by atoms with Crippen molar-refractivity contribution in [1.29, 1.82) is 0 Å². The zero-order chi connectivity index (χ0) is 14.0. The van der Waals surface area contributed by atoms with Gasteiger partial charge in [-0.05, 0) is 38.5 Å². The minimum Gasteiger partial charge on any atom is -0.351 e. The first kappa shape index (κ1) is 13.6. The molecule has 4 heteroatoms. The second kappa shape index (κ2) is 5.03. The van der Waals surface area contributed by atoms with Gasteiger partial charge in [-0.3, -0.25) is 4.79 Å². The lowest BCUT2D eigenvalue weighted by Gasteiger charge is -2.20. The fraction of sp³-hybridized carbons (Fsp3) is 0.467. The molecule has 0 bridgehead atoms. The van der Waals surface area contributed by atoms with Crippen LogP contribution in [0.2, 0.25) is 0 Å². The number of imidazole rings is 1. The normalized spacial score (nSPS) is 11.8. The summed E-state index contributed by atoms with van der Waals surface area (Å²) in [6, 6.07) is 5.93. The minimum absolute atomic E-state index is 0.0436. The molecule has 0 aliphatic heterocycles. The van der Waals surface area contributed by atoms with E-state index in [1.807, 2.05) is 39.0 Å². The van der Waals surface area contributed by atoms with Crippen molar-refractivity contribution in [1.82, 2.24) is 15.3 Å². The molecule has 2 rings (SSSR count). The van der Waals surface area contributed by atoms with Gasteiger partial charge in [0, 0.05) is 12.0 Å². The first-order chi connectivity index (χ1) is 8.87. The number of nitrogens with one attached hydrogen (secondary N) is 2. The molecule has 0 aliphatic rings. The molecule has 1 amide bonds. The SMILES string of the molecule is CCc1nc2ccc(CC(=O)NC(C)(C)C)cc2[nH]1. The van der Waals surface area contributed by atoms with Gasteiger partial charge in [0.1, 0.15) is 5.82 Å². The van der Waals surface area contributed by atoms with E-state index in [1.54, 1.807) is 0 Å². The van der Waals surface area contributed by atoms with Crippen LogP contribution in [0.3, 0.4) is 0 Å². The Morgan fingerprint density at radius 1 is 1.37 bits per heavy atom. The first-order valence-electron chi connectivity index (χ1n) is 6.66. The van der Waals surface area contributed by atoms with Gasteiger partial charge < -0.3 is 10.3 Å². The molecule has 0 spiro atoms. The summed E-state index contributed by atoms with van der Waals surface area (Å²) in [4.78, 5) is 19.6. The number of H-pyrrole nitrogens is 1. The second-order valence-corrected chi connectivity index (χ2v) is 5.86. The highest BCUT2D eigenvalue weighted by molar-refractivity contribution is 5.82. The van der Waals surface area contributed by atoms with Crippen LogP contribution in [0, 0.1) is 0 Å². The Balaban J connectivity index is 2.15. The van der Waals surface area contributed by atoms with Crippen molar-refractivity contribution in [3.05, 3.63) is 29.6 Å². The summed E-state index contributed by atoms with van der Waals surface area (Å²) in [7, 11) is 0. The van der Waals surface area contributed by atoms with Crippen LogP contribution in [0.1, 0.15) is 39.1 Å². The predicted molar refractivity (Wildman–Crippen MR) is 77.1 cm³/mol. The van der Waals surface area contributed by atoms with E-state index in [9.17, 15) is 4.79 Å². The highest BCUT2D eigenvalue weighted by atomic mass is 16.1. The summed E-state index contributed by atoms with van der Waals surface area (Å²) in [6.07, 6.45) is 1.28. The number of rotatable bonds is 3. The van der Waals surface area contributed by atoms with Crippen molar-refractivity contribution >= 4 is 16.9 Å². The smallest absolute Gasteiger partial charge is 0.224 e. The van der Waals surface area contributed by atoms with Gasteiger partial charge in [0.05, 0.1) is 17.5 Å². The van der Waals surface area contributed by atoms with Gasteiger partial charge in [-0.2, -0.15) is 0 Å². The van der Waals surface area contributed by atoms with Crippen molar-refractivity contribution in [3.63, 3.8) is 0 Å². The number of aromatic nitrogens is 2. The molecule has 1 heterocycles. The lowest BCUT2D eigenvalue weighted by molar-refractivity contribution is -0.121. The zero-order valence-electron chi connectivity index (χ0n) is 12.0. The molecule has 0 radical (unpaired) electrons. The summed E-state index contributed by atoms with van der Waals surface area (Å²) in [5.41, 5.74) is 2.76. The molecular formula is C15H21N3O. The average molecular weight is 259 g/mol. The number of carbonyl (C=O) groups excluding carboxylic acids is 1. The topological polar surface area (TPSA) is 57.8 Å². The van der Waals surface area contributed by atoms with E-state index >= 15 is 0 Å². The third-order valence-corrected chi connectivity index (χ3v) is 2.81. The van der Waals surface area contributed by atoms with Gasteiger partial charge in [-0.25, -0.2) is 4.98 Å². The molecule has 2 aromatic rings. The van der Waals surface area contributed by atoms with Crippen LogP contribution in [0.25, 0.3) is 11.0 Å². The molecule has 0 saturated carbocycles. The van der Waals surface area contributed by atoms with Gasteiger partial charge in [0.25, 0.3) is 0 Å². The number of aromatic amines is 1. The first-order valence-corrected chi connectivity index (χ1v) is 6.66. The van der Waals surface area contributed by atoms with Crippen LogP contribution in [0.5, 0.6) is 0 Å². The number of hydrogen-bond acceptors (Lipinski definition) is 2. The number of fused-ring (bicyclic) bond motifs is 1. The Kier molecular flexibility index (Phi) is 3.60. The zero-order valence-corrected chi connectivity index (χ0v) is 12.0. The summed E-state index contributed by atoms with van der Waals surface area (Å²) >= 11 is 0. The van der Waals surface area contributed by atoms with E-state index < -0.39 is 0 Å². The van der Waals surface area contributed by atoms with E-state index in [2.05, 4.69) is 22.2 Å². The van der Waals surface area contributed by atoms with E-state index in [0.29, 0.717) is 6.42 Å². The Bertz CT molecular complexity index is 593. The van der Waals surface area contributed by atoms with Gasteiger partial charge in [-0.15, -0.1) is 0 Å². The van der Waals surface area contributed by atoms with Crippen molar-refractivity contribution < 1.29 is 4.79 Å². The molecule has 0 unspecified atom stereocenters. The lowest BCUT2D eigenvalue weighted by atomic mass is 10.1. The maximum absolute atomic E-state index is 11.9. The molecule has 0 aliphatic carbocycles. The maximum atomic E-state index is 11.9. The van der Waals surface area contributed by atoms with Crippen molar-refractivity contribution in [3.8, 4) is 0 Å². The van der Waals surface area contributed by atoms with Crippen LogP contribution >= 0.6 is 0 Å². The largest absolute Gasteiger partial charge is 0.351 e. The number of aryl methyl sites for hydroxylation is 1. The van der Waals surface area contributed by atoms with Crippen LogP contribution in [-0.2, 0) is 17.6 Å². The number of benzene rings is 1. The Hall–Kier alpha value is -1.84. The molecular weight excluding hydrogens is 238 g/mol. The average Bonchev–Trinajstić information content (AvgIpc) is 2.68. The standard InChI is InChI=1S/C15H21N3O/c1-5-13-16-11-7-6-10(8-12(11)17-13)9-14(19)18-15(2,3)4/h6-8H,5,9H2,1-4H3,(H,16,17)(H,18,19). The quantitative estimate of drug-likeness (QED) is 0.890. The highest BCUT2D eigenvalue weighted by Gasteiger charge is 2.14. The van der Waals surface area contributed by atoms with Crippen LogP contribution in [0.15, 0.2) is 18.2 Å². The van der Waals surface area contributed by atoms with Gasteiger partial charge >= 0.3 is 0 Å². The molecule has 102 valence electrons. The fourth-order valence-electron chi connectivity index (χ4n) is 2.03. The molecule has 0 saturated heterocycles. The third kappa shape index (κ3) is 3.56. The fourth-order valence-corrected chi connectivity index (χ4v) is 2.03. The monoisotopic (exact) mass is 259 g/mol. The second-order valence-electron chi connectivity index (χ2n) is 5.86. The molecule has 1 aromatic heterocycles. The Morgan fingerprint density at radius 2 is 2.11 bits per heavy atom. The molecule has 0 fully saturated rings. The molecule has 19 heavy (non-hydrogen) atoms. The summed E-state index contributed by atoms with van der Waals surface area (Å²) in [6.45, 7) is 8.01. The van der Waals surface area contributed by atoms with Crippen molar-refractivity contribution in [2.24, 2.45) is 0 Å². The van der Waals surface area contributed by atoms with Crippen molar-refractivity contribution in [2.45, 2.75) is 46.1 Å². The third-order valence-electron chi connectivity index (χ3n) is 2.81. The van der Waals surface area contributed by atoms with Crippen molar-refractivity contribution in [2.75, 3.05) is 0 Å². The number of hydrogen-bond donors (Lipinski definition) is 2. The number of nitrogens with zero attached hydrogens (tertiary/aromatic N) is 1. The Labute approximate surface area is 113 Å². The minimum atomic E-state index is -0.190. The lowest BCUT2D eigenvalue weighted by Crippen LogP contribution is -2.41. The predicted octanol–water partition coefficient (Wildman–Crippen LogP) is 2.58. The van der Waals surface area contributed by atoms with Crippen LogP contribution in [0.4, 0.5) is 0 Å². The van der Waals surface area contributed by atoms with Gasteiger partial charge in [0.2, 0.25) is 5.91 Å².